The van der Waals surface area contributed by atoms with Crippen LogP contribution in [0.3, 0.4) is 0 Å². The molecule has 1 aromatic carbocycles. The van der Waals surface area contributed by atoms with Gasteiger partial charge in [-0.3, -0.25) is 4.79 Å². The zero-order chi connectivity index (χ0) is 17.2. The van der Waals surface area contributed by atoms with E-state index in [9.17, 15) is 4.79 Å². The zero-order valence-electron chi connectivity index (χ0n) is 14.8. The molecule has 25 heavy (non-hydrogen) atoms. The summed E-state index contributed by atoms with van der Waals surface area (Å²) in [5.41, 5.74) is 3.26. The van der Waals surface area contributed by atoms with E-state index < -0.39 is 0 Å². The highest BCUT2D eigenvalue weighted by Gasteiger charge is 2.27. The summed E-state index contributed by atoms with van der Waals surface area (Å²) in [6.07, 6.45) is 6.15. The largest absolute Gasteiger partial charge is 0.339 e. The van der Waals surface area contributed by atoms with Crippen LogP contribution < -0.4 is 4.90 Å². The lowest BCUT2D eigenvalue weighted by molar-refractivity contribution is 0.0697. The molecule has 4 nitrogen and oxygen atoms in total. The number of fused-ring (bicyclic) bond motifs is 1. The molecule has 4 rings (SSSR count). The average molecular weight is 335 g/mol. The smallest absolute Gasteiger partial charge is 0.257 e. The first-order valence-electron chi connectivity index (χ1n) is 9.34. The molecule has 0 aliphatic carbocycles. The fraction of sp³-hybridized carbons (Fsp3) is 0.429. The van der Waals surface area contributed by atoms with Crippen LogP contribution in [0.2, 0.25) is 0 Å². The monoisotopic (exact) mass is 335 g/mol. The van der Waals surface area contributed by atoms with Gasteiger partial charge in [0, 0.05) is 31.5 Å². The van der Waals surface area contributed by atoms with E-state index in [1.807, 2.05) is 17.0 Å². The third-order valence-electron chi connectivity index (χ3n) is 5.45. The van der Waals surface area contributed by atoms with Gasteiger partial charge in [-0.15, -0.1) is 0 Å². The highest BCUT2D eigenvalue weighted by atomic mass is 16.2. The molecule has 0 unspecified atom stereocenters. The molecule has 2 aliphatic heterocycles. The van der Waals surface area contributed by atoms with Crippen molar-refractivity contribution in [3.8, 4) is 0 Å². The number of piperidine rings is 1. The van der Waals surface area contributed by atoms with Gasteiger partial charge < -0.3 is 9.80 Å². The number of anilines is 2. The fourth-order valence-electron chi connectivity index (χ4n) is 3.91. The highest BCUT2D eigenvalue weighted by molar-refractivity contribution is 5.99. The molecule has 0 spiro atoms. The molecule has 0 saturated carbocycles. The minimum Gasteiger partial charge on any atom is -0.339 e. The number of carbonyl (C=O) groups excluding carboxylic acids is 1. The summed E-state index contributed by atoms with van der Waals surface area (Å²) in [6.45, 7) is 4.88. The van der Waals surface area contributed by atoms with Gasteiger partial charge in [0.1, 0.15) is 5.82 Å². The summed E-state index contributed by atoms with van der Waals surface area (Å²) in [5, 5.41) is 0. The van der Waals surface area contributed by atoms with Crippen molar-refractivity contribution in [3.05, 3.63) is 53.7 Å². The van der Waals surface area contributed by atoms with Crippen molar-refractivity contribution in [1.82, 2.24) is 9.88 Å². The Balaban J connectivity index is 1.67. The fourth-order valence-corrected chi connectivity index (χ4v) is 3.91. The minimum absolute atomic E-state index is 0.123. The number of hydrogen-bond donors (Lipinski definition) is 0. The lowest BCUT2D eigenvalue weighted by Gasteiger charge is -2.34. The molecule has 4 heteroatoms. The standard InChI is InChI=1S/C21H25N3O/c1-16-10-14-23(15-11-16)21(25)18-8-4-12-22-20(18)24-13-5-7-17-6-2-3-9-19(17)24/h2-4,6,8-9,12,16H,5,7,10-11,13-15H2,1H3. The number of rotatable bonds is 2. The van der Waals surface area contributed by atoms with Crippen molar-refractivity contribution in [2.75, 3.05) is 24.5 Å². The molecular formula is C21H25N3O. The first-order chi connectivity index (χ1) is 12.2. The van der Waals surface area contributed by atoms with Crippen LogP contribution >= 0.6 is 0 Å². The van der Waals surface area contributed by atoms with E-state index in [0.29, 0.717) is 5.92 Å². The summed E-state index contributed by atoms with van der Waals surface area (Å²) < 4.78 is 0. The second-order valence-corrected chi connectivity index (χ2v) is 7.23. The maximum atomic E-state index is 13.1. The molecule has 1 fully saturated rings. The van der Waals surface area contributed by atoms with Gasteiger partial charge in [0.15, 0.2) is 0 Å². The van der Waals surface area contributed by atoms with E-state index in [0.717, 1.165) is 56.7 Å². The minimum atomic E-state index is 0.123. The third kappa shape index (κ3) is 3.13. The average Bonchev–Trinajstić information content (AvgIpc) is 2.67. The normalized spacial score (nSPS) is 18.1. The van der Waals surface area contributed by atoms with Gasteiger partial charge >= 0.3 is 0 Å². The number of aromatic nitrogens is 1. The molecule has 130 valence electrons. The molecule has 2 aliphatic rings. The zero-order valence-corrected chi connectivity index (χ0v) is 14.8. The van der Waals surface area contributed by atoms with Crippen molar-refractivity contribution in [2.24, 2.45) is 5.92 Å². The van der Waals surface area contributed by atoms with E-state index in [1.165, 1.54) is 11.3 Å². The van der Waals surface area contributed by atoms with Crippen LogP contribution in [0.25, 0.3) is 0 Å². The summed E-state index contributed by atoms with van der Waals surface area (Å²) in [6, 6.07) is 12.3. The number of pyridine rings is 1. The first kappa shape index (κ1) is 16.1. The van der Waals surface area contributed by atoms with Gasteiger partial charge in [-0.05, 0) is 55.4 Å². The topological polar surface area (TPSA) is 36.4 Å². The Morgan fingerprint density at radius 2 is 1.88 bits per heavy atom. The van der Waals surface area contributed by atoms with Crippen LogP contribution in [0.5, 0.6) is 0 Å². The Hall–Kier alpha value is -2.36. The van der Waals surface area contributed by atoms with Gasteiger partial charge in [0.05, 0.1) is 5.56 Å². The van der Waals surface area contributed by atoms with Crippen LogP contribution in [0.15, 0.2) is 42.6 Å². The predicted octanol–water partition coefficient (Wildman–Crippen LogP) is 4.04. The number of carbonyl (C=O) groups is 1. The molecule has 0 N–H and O–H groups in total. The van der Waals surface area contributed by atoms with Crippen LogP contribution in [0, 0.1) is 5.92 Å². The van der Waals surface area contributed by atoms with E-state index >= 15 is 0 Å². The number of nitrogens with zero attached hydrogens (tertiary/aromatic N) is 3. The Kier molecular flexibility index (Phi) is 4.43. The number of amides is 1. The lowest BCUT2D eigenvalue weighted by Crippen LogP contribution is -2.39. The molecule has 2 aromatic rings. The highest BCUT2D eigenvalue weighted by Crippen LogP contribution is 2.34. The van der Waals surface area contributed by atoms with Crippen LogP contribution in [0.4, 0.5) is 11.5 Å². The predicted molar refractivity (Wildman–Crippen MR) is 100 cm³/mol. The van der Waals surface area contributed by atoms with Gasteiger partial charge in [-0.25, -0.2) is 4.98 Å². The maximum Gasteiger partial charge on any atom is 0.257 e. The van der Waals surface area contributed by atoms with Crippen molar-refractivity contribution in [3.63, 3.8) is 0 Å². The maximum absolute atomic E-state index is 13.1. The Bertz CT molecular complexity index is 765. The van der Waals surface area contributed by atoms with Crippen molar-refractivity contribution in [1.29, 1.82) is 0 Å². The van der Waals surface area contributed by atoms with E-state index in [-0.39, 0.29) is 5.91 Å². The molecule has 1 amide bonds. The molecular weight excluding hydrogens is 310 g/mol. The second kappa shape index (κ2) is 6.87. The molecule has 0 radical (unpaired) electrons. The van der Waals surface area contributed by atoms with Gasteiger partial charge in [-0.2, -0.15) is 0 Å². The summed E-state index contributed by atoms with van der Waals surface area (Å²) in [7, 11) is 0. The number of hydrogen-bond acceptors (Lipinski definition) is 3. The third-order valence-corrected chi connectivity index (χ3v) is 5.45. The van der Waals surface area contributed by atoms with Crippen molar-refractivity contribution < 1.29 is 4.79 Å². The summed E-state index contributed by atoms with van der Waals surface area (Å²) in [4.78, 5) is 22.0. The lowest BCUT2D eigenvalue weighted by atomic mass is 9.98. The molecule has 1 aromatic heterocycles. The quantitative estimate of drug-likeness (QED) is 0.831. The Morgan fingerprint density at radius 1 is 1.08 bits per heavy atom. The van der Waals surface area contributed by atoms with Crippen LogP contribution in [-0.2, 0) is 6.42 Å². The van der Waals surface area contributed by atoms with Gasteiger partial charge in [-0.1, -0.05) is 25.1 Å². The van der Waals surface area contributed by atoms with Crippen LogP contribution in [0.1, 0.15) is 42.1 Å². The number of para-hydroxylation sites is 1. The SMILES string of the molecule is CC1CCN(C(=O)c2cccnc2N2CCCc3ccccc32)CC1. The van der Waals surface area contributed by atoms with Gasteiger partial charge in [0.2, 0.25) is 0 Å². The molecule has 0 atom stereocenters. The molecule has 1 saturated heterocycles. The van der Waals surface area contributed by atoms with Crippen molar-refractivity contribution >= 4 is 17.4 Å². The molecule has 3 heterocycles. The van der Waals surface area contributed by atoms with Crippen molar-refractivity contribution in [2.45, 2.75) is 32.6 Å². The van der Waals surface area contributed by atoms with Crippen LogP contribution in [-0.4, -0.2) is 35.4 Å². The summed E-state index contributed by atoms with van der Waals surface area (Å²) >= 11 is 0. The number of likely N-dealkylation sites (tertiary alicyclic amines) is 1. The second-order valence-electron chi connectivity index (χ2n) is 7.23. The van der Waals surface area contributed by atoms with Gasteiger partial charge in [0.25, 0.3) is 5.91 Å². The molecule has 0 bridgehead atoms. The van der Waals surface area contributed by atoms with E-state index in [1.54, 1.807) is 6.20 Å². The number of benzene rings is 1. The Labute approximate surface area is 149 Å². The Morgan fingerprint density at radius 3 is 2.72 bits per heavy atom. The first-order valence-corrected chi connectivity index (χ1v) is 9.34. The number of aryl methyl sites for hydroxylation is 1. The van der Waals surface area contributed by atoms with E-state index in [4.69, 9.17) is 0 Å². The van der Waals surface area contributed by atoms with E-state index in [2.05, 4.69) is 41.1 Å². The summed E-state index contributed by atoms with van der Waals surface area (Å²) in [5.74, 6) is 1.64.